The van der Waals surface area contributed by atoms with Crippen molar-refractivity contribution in [2.45, 2.75) is 31.6 Å². The largest absolute Gasteiger partial charge is 0.352 e. The van der Waals surface area contributed by atoms with Gasteiger partial charge in [0, 0.05) is 11.6 Å². The van der Waals surface area contributed by atoms with E-state index in [2.05, 4.69) is 10.6 Å². The summed E-state index contributed by atoms with van der Waals surface area (Å²) in [6, 6.07) is 19.3. The van der Waals surface area contributed by atoms with Crippen LogP contribution in [0.15, 0.2) is 77.7 Å². The van der Waals surface area contributed by atoms with Crippen molar-refractivity contribution in [1.82, 2.24) is 5.32 Å². The minimum absolute atomic E-state index is 0.0536. The fourth-order valence-corrected chi connectivity index (χ4v) is 5.24. The van der Waals surface area contributed by atoms with Crippen molar-refractivity contribution in [3.05, 3.63) is 88.9 Å². The highest BCUT2D eigenvalue weighted by Crippen LogP contribution is 2.29. The Balaban J connectivity index is 1.91. The topological polar surface area (TPSA) is 95.6 Å². The highest BCUT2D eigenvalue weighted by atomic mass is 35.5. The van der Waals surface area contributed by atoms with E-state index < -0.39 is 22.5 Å². The summed E-state index contributed by atoms with van der Waals surface area (Å²) in [7, 11) is -4.07. The Labute approximate surface area is 211 Å². The molecule has 35 heavy (non-hydrogen) atoms. The monoisotopic (exact) mass is 513 g/mol. The van der Waals surface area contributed by atoms with Gasteiger partial charge in [-0.1, -0.05) is 55.3 Å². The van der Waals surface area contributed by atoms with Gasteiger partial charge in [0.1, 0.15) is 6.54 Å². The van der Waals surface area contributed by atoms with Gasteiger partial charge in [-0.2, -0.15) is 0 Å². The predicted molar refractivity (Wildman–Crippen MR) is 139 cm³/mol. The van der Waals surface area contributed by atoms with E-state index in [9.17, 15) is 18.0 Å². The summed E-state index contributed by atoms with van der Waals surface area (Å²) in [5.74, 6) is -0.899. The van der Waals surface area contributed by atoms with E-state index in [0.29, 0.717) is 34.1 Å². The highest BCUT2D eigenvalue weighted by Gasteiger charge is 2.28. The van der Waals surface area contributed by atoms with Crippen molar-refractivity contribution in [2.75, 3.05) is 22.7 Å². The molecule has 0 aromatic heterocycles. The van der Waals surface area contributed by atoms with Gasteiger partial charge >= 0.3 is 0 Å². The molecule has 7 nitrogen and oxygen atoms in total. The number of hydrogen-bond donors (Lipinski definition) is 2. The third-order valence-electron chi connectivity index (χ3n) is 5.31. The molecule has 3 aromatic carbocycles. The lowest BCUT2D eigenvalue weighted by Gasteiger charge is -2.26. The van der Waals surface area contributed by atoms with Gasteiger partial charge in [0.05, 0.1) is 21.8 Å². The van der Waals surface area contributed by atoms with E-state index in [0.717, 1.165) is 17.1 Å². The van der Waals surface area contributed by atoms with Crippen LogP contribution >= 0.6 is 11.6 Å². The minimum Gasteiger partial charge on any atom is -0.352 e. The normalized spacial score (nSPS) is 11.1. The van der Waals surface area contributed by atoms with Crippen LogP contribution in [-0.4, -0.2) is 33.3 Å². The average molecular weight is 514 g/mol. The fraction of sp³-hybridized carbons (Fsp3) is 0.231. The number of halogens is 1. The summed E-state index contributed by atoms with van der Waals surface area (Å²) in [6.45, 7) is 3.78. The molecule has 3 rings (SSSR count). The maximum Gasteiger partial charge on any atom is 0.264 e. The number of para-hydroxylation sites is 1. The molecule has 0 heterocycles. The zero-order chi connectivity index (χ0) is 25.4. The lowest BCUT2D eigenvalue weighted by Crippen LogP contribution is -2.39. The number of amides is 2. The Bertz CT molecular complexity index is 1300. The molecule has 0 atom stereocenters. The van der Waals surface area contributed by atoms with Crippen molar-refractivity contribution in [3.63, 3.8) is 0 Å². The van der Waals surface area contributed by atoms with Crippen molar-refractivity contribution in [3.8, 4) is 0 Å². The molecule has 0 bridgehead atoms. The molecule has 2 amide bonds. The number of unbranched alkanes of at least 4 members (excludes halogenated alkanes) is 1. The van der Waals surface area contributed by atoms with Gasteiger partial charge in [-0.15, -0.1) is 0 Å². The molecular weight excluding hydrogens is 486 g/mol. The molecule has 0 aliphatic carbocycles. The second-order valence-corrected chi connectivity index (χ2v) is 10.3. The molecule has 0 fully saturated rings. The number of sulfonamides is 1. The average Bonchev–Trinajstić information content (AvgIpc) is 2.84. The van der Waals surface area contributed by atoms with E-state index >= 15 is 0 Å². The minimum atomic E-state index is -4.07. The first-order chi connectivity index (χ1) is 16.7. The Hall–Kier alpha value is -3.36. The smallest absolute Gasteiger partial charge is 0.264 e. The van der Waals surface area contributed by atoms with Crippen LogP contribution in [0.1, 0.15) is 35.7 Å². The first kappa shape index (κ1) is 26.2. The van der Waals surface area contributed by atoms with Gasteiger partial charge in [-0.3, -0.25) is 13.9 Å². The molecule has 0 saturated carbocycles. The molecule has 0 radical (unpaired) electrons. The quantitative estimate of drug-likeness (QED) is 0.372. The first-order valence-electron chi connectivity index (χ1n) is 11.2. The zero-order valence-corrected chi connectivity index (χ0v) is 21.2. The second kappa shape index (κ2) is 11.9. The van der Waals surface area contributed by atoms with Crippen molar-refractivity contribution in [1.29, 1.82) is 0 Å². The summed E-state index contributed by atoms with van der Waals surface area (Å²) in [5, 5.41) is 5.99. The molecule has 0 aliphatic heterocycles. The van der Waals surface area contributed by atoms with Gasteiger partial charge in [0.15, 0.2) is 0 Å². The first-order valence-corrected chi connectivity index (χ1v) is 13.1. The SMILES string of the molecule is CCCCNC(=O)c1ccccc1NC(=O)CN(c1ccc(Cl)cc1C)S(=O)(=O)c1ccccc1. The molecule has 9 heteroatoms. The van der Waals surface area contributed by atoms with Crippen LogP contribution in [0.2, 0.25) is 5.02 Å². The van der Waals surface area contributed by atoms with Crippen molar-refractivity contribution >= 4 is 44.8 Å². The zero-order valence-electron chi connectivity index (χ0n) is 19.6. The van der Waals surface area contributed by atoms with Crippen LogP contribution in [0.5, 0.6) is 0 Å². The molecule has 0 spiro atoms. The number of anilines is 2. The van der Waals surface area contributed by atoms with Crippen LogP contribution < -0.4 is 14.9 Å². The lowest BCUT2D eigenvalue weighted by molar-refractivity contribution is -0.114. The molecule has 3 aromatic rings. The van der Waals surface area contributed by atoms with Gasteiger partial charge < -0.3 is 10.6 Å². The van der Waals surface area contributed by atoms with E-state index in [-0.39, 0.29) is 10.8 Å². The summed E-state index contributed by atoms with van der Waals surface area (Å²) >= 11 is 6.07. The van der Waals surface area contributed by atoms with E-state index in [4.69, 9.17) is 11.6 Å². The second-order valence-electron chi connectivity index (χ2n) is 7.96. The number of carbonyl (C=O) groups is 2. The van der Waals surface area contributed by atoms with Crippen LogP contribution in [-0.2, 0) is 14.8 Å². The molecule has 2 N–H and O–H groups in total. The van der Waals surface area contributed by atoms with Crippen LogP contribution in [0.3, 0.4) is 0 Å². The van der Waals surface area contributed by atoms with Crippen LogP contribution in [0.25, 0.3) is 0 Å². The number of hydrogen-bond acceptors (Lipinski definition) is 4. The molecule has 0 unspecified atom stereocenters. The summed E-state index contributed by atoms with van der Waals surface area (Å²) in [4.78, 5) is 25.8. The Kier molecular flexibility index (Phi) is 8.89. The van der Waals surface area contributed by atoms with Gasteiger partial charge in [0.2, 0.25) is 5.91 Å². The number of carbonyl (C=O) groups excluding carboxylic acids is 2. The predicted octanol–water partition coefficient (Wildman–Crippen LogP) is 5.01. The summed E-state index contributed by atoms with van der Waals surface area (Å²) in [6.07, 6.45) is 1.78. The third kappa shape index (κ3) is 6.61. The lowest BCUT2D eigenvalue weighted by atomic mass is 10.1. The number of benzene rings is 3. The Morgan fingerprint density at radius 3 is 2.34 bits per heavy atom. The number of nitrogens with zero attached hydrogens (tertiary/aromatic N) is 1. The van der Waals surface area contributed by atoms with Crippen LogP contribution in [0.4, 0.5) is 11.4 Å². The number of rotatable bonds is 10. The Morgan fingerprint density at radius 1 is 0.971 bits per heavy atom. The summed E-state index contributed by atoms with van der Waals surface area (Å²) in [5.41, 5.74) is 1.54. The van der Waals surface area contributed by atoms with E-state index in [1.807, 2.05) is 6.92 Å². The molecular formula is C26H28ClN3O4S. The molecule has 0 aliphatic rings. The maximum absolute atomic E-state index is 13.5. The van der Waals surface area contributed by atoms with Crippen LogP contribution in [0, 0.1) is 6.92 Å². The van der Waals surface area contributed by atoms with E-state index in [1.165, 1.54) is 12.1 Å². The van der Waals surface area contributed by atoms with E-state index in [1.54, 1.807) is 67.6 Å². The fourth-order valence-electron chi connectivity index (χ4n) is 3.50. The van der Waals surface area contributed by atoms with Crippen molar-refractivity contribution in [2.24, 2.45) is 0 Å². The Morgan fingerprint density at radius 2 is 1.66 bits per heavy atom. The van der Waals surface area contributed by atoms with Gasteiger partial charge in [0.25, 0.3) is 15.9 Å². The number of nitrogens with one attached hydrogen (secondary N) is 2. The molecule has 184 valence electrons. The standard InChI is InChI=1S/C26H28ClN3O4S/c1-3-4-16-28-26(32)22-12-8-9-13-23(22)29-25(31)18-30(24-15-14-20(27)17-19(24)2)35(33,34)21-10-6-5-7-11-21/h5-15,17H,3-4,16,18H2,1-2H3,(H,28,32)(H,29,31). The maximum atomic E-state index is 13.5. The number of aryl methyl sites for hydroxylation is 1. The molecule has 0 saturated heterocycles. The van der Waals surface area contributed by atoms with Gasteiger partial charge in [-0.05, 0) is 61.4 Å². The third-order valence-corrected chi connectivity index (χ3v) is 7.32. The summed E-state index contributed by atoms with van der Waals surface area (Å²) < 4.78 is 28.1. The van der Waals surface area contributed by atoms with Gasteiger partial charge in [-0.25, -0.2) is 8.42 Å². The van der Waals surface area contributed by atoms with Crippen molar-refractivity contribution < 1.29 is 18.0 Å². The highest BCUT2D eigenvalue weighted by molar-refractivity contribution is 7.92.